The van der Waals surface area contributed by atoms with Crippen molar-refractivity contribution in [2.24, 2.45) is 4.99 Å². The maximum Gasteiger partial charge on any atom is 0.253 e. The van der Waals surface area contributed by atoms with Gasteiger partial charge in [0, 0.05) is 7.05 Å². The van der Waals surface area contributed by atoms with Crippen molar-refractivity contribution in [1.82, 2.24) is 5.43 Å². The van der Waals surface area contributed by atoms with Gasteiger partial charge in [-0.2, -0.15) is 0 Å². The number of anilines is 1. The Kier molecular flexibility index (Phi) is 2.18. The van der Waals surface area contributed by atoms with Crippen molar-refractivity contribution in [1.29, 1.82) is 0 Å². The maximum atomic E-state index is 11.5. The number of aliphatic imine (C=N–C) groups is 1. The second-order valence-corrected chi connectivity index (χ2v) is 3.02. The second-order valence-electron chi connectivity index (χ2n) is 3.02. The van der Waals surface area contributed by atoms with Crippen molar-refractivity contribution in [2.75, 3.05) is 12.1 Å². The number of carbonyl (C=O) groups is 1. The van der Waals surface area contributed by atoms with E-state index in [-0.39, 0.29) is 5.91 Å². The lowest BCUT2D eigenvalue weighted by Gasteiger charge is -2.15. The summed E-state index contributed by atoms with van der Waals surface area (Å²) in [7, 11) is 1.67. The molecule has 14 heavy (non-hydrogen) atoms. The molecule has 1 aromatic rings. The van der Waals surface area contributed by atoms with Gasteiger partial charge in [0.1, 0.15) is 5.84 Å². The first-order valence-corrected chi connectivity index (χ1v) is 4.41. The smallest absolute Gasteiger partial charge is 0.253 e. The van der Waals surface area contributed by atoms with Crippen LogP contribution in [0.1, 0.15) is 6.42 Å². The Morgan fingerprint density at radius 2 is 2.07 bits per heavy atom. The summed E-state index contributed by atoms with van der Waals surface area (Å²) in [6, 6.07) is 9.46. The van der Waals surface area contributed by atoms with Crippen molar-refractivity contribution in [3.8, 4) is 0 Å². The largest absolute Gasteiger partial charge is 0.278 e. The van der Waals surface area contributed by atoms with Crippen LogP contribution in [0.15, 0.2) is 35.3 Å². The van der Waals surface area contributed by atoms with E-state index >= 15 is 0 Å². The van der Waals surface area contributed by atoms with Crippen LogP contribution in [-0.2, 0) is 4.79 Å². The molecule has 1 amide bonds. The Morgan fingerprint density at radius 1 is 1.36 bits per heavy atom. The normalized spacial score (nSPS) is 18.8. The number of nitrogens with one attached hydrogen (secondary N) is 1. The van der Waals surface area contributed by atoms with Gasteiger partial charge in [-0.3, -0.25) is 15.2 Å². The van der Waals surface area contributed by atoms with Crippen LogP contribution in [0.2, 0.25) is 0 Å². The van der Waals surface area contributed by atoms with Crippen LogP contribution in [-0.4, -0.2) is 18.8 Å². The lowest BCUT2D eigenvalue weighted by molar-refractivity contribution is -0.116. The summed E-state index contributed by atoms with van der Waals surface area (Å²) in [5, 5.41) is 1.52. The molecule has 1 N–H and O–H groups in total. The van der Waals surface area contributed by atoms with E-state index in [4.69, 9.17) is 0 Å². The predicted octanol–water partition coefficient (Wildman–Crippen LogP) is 0.956. The number of para-hydroxylation sites is 1. The summed E-state index contributed by atoms with van der Waals surface area (Å²) in [5.41, 5.74) is 3.78. The SMILES string of the molecule is CN=C1CC(=O)N(c2ccccc2)N1. The van der Waals surface area contributed by atoms with E-state index in [1.807, 2.05) is 30.3 Å². The molecule has 4 heteroatoms. The molecule has 1 aliphatic rings. The molecule has 0 bridgehead atoms. The van der Waals surface area contributed by atoms with Crippen molar-refractivity contribution in [3.63, 3.8) is 0 Å². The van der Waals surface area contributed by atoms with Gasteiger partial charge >= 0.3 is 0 Å². The molecule has 1 aromatic carbocycles. The fourth-order valence-electron chi connectivity index (χ4n) is 1.37. The van der Waals surface area contributed by atoms with Crippen molar-refractivity contribution in [2.45, 2.75) is 6.42 Å². The van der Waals surface area contributed by atoms with Crippen LogP contribution in [0.25, 0.3) is 0 Å². The van der Waals surface area contributed by atoms with Crippen LogP contribution in [0.4, 0.5) is 5.69 Å². The number of hydrazine groups is 1. The van der Waals surface area contributed by atoms with Crippen LogP contribution < -0.4 is 10.4 Å². The minimum Gasteiger partial charge on any atom is -0.278 e. The van der Waals surface area contributed by atoms with Gasteiger partial charge in [0.2, 0.25) is 0 Å². The monoisotopic (exact) mass is 189 g/mol. The standard InChI is InChI=1S/C10H11N3O/c1-11-9-7-10(14)13(12-9)8-5-3-2-4-6-8/h2-6H,7H2,1H3,(H,11,12). The highest BCUT2D eigenvalue weighted by Gasteiger charge is 2.25. The molecule has 0 aliphatic carbocycles. The Labute approximate surface area is 82.2 Å². The van der Waals surface area contributed by atoms with Crippen molar-refractivity contribution < 1.29 is 4.79 Å². The first-order chi connectivity index (χ1) is 6.81. The van der Waals surface area contributed by atoms with Gasteiger partial charge in [0.15, 0.2) is 0 Å². The van der Waals surface area contributed by atoms with Gasteiger partial charge in [0.05, 0.1) is 12.1 Å². The first-order valence-electron chi connectivity index (χ1n) is 4.41. The number of amides is 1. The van der Waals surface area contributed by atoms with E-state index in [1.165, 1.54) is 5.01 Å². The molecule has 0 unspecified atom stereocenters. The van der Waals surface area contributed by atoms with E-state index in [2.05, 4.69) is 10.4 Å². The van der Waals surface area contributed by atoms with Crippen molar-refractivity contribution >= 4 is 17.4 Å². The number of rotatable bonds is 1. The minimum atomic E-state index is 0.0248. The fraction of sp³-hybridized carbons (Fsp3) is 0.200. The Bertz CT molecular complexity index is 372. The summed E-state index contributed by atoms with van der Waals surface area (Å²) >= 11 is 0. The summed E-state index contributed by atoms with van der Waals surface area (Å²) in [5.74, 6) is 0.732. The van der Waals surface area contributed by atoms with Gasteiger partial charge in [-0.25, -0.2) is 5.01 Å². The van der Waals surface area contributed by atoms with Gasteiger partial charge < -0.3 is 0 Å². The molecular weight excluding hydrogens is 178 g/mol. The predicted molar refractivity (Wildman–Crippen MR) is 55.0 cm³/mol. The van der Waals surface area contributed by atoms with E-state index in [9.17, 15) is 4.79 Å². The quantitative estimate of drug-likeness (QED) is 0.715. The van der Waals surface area contributed by atoms with E-state index in [0.29, 0.717) is 12.3 Å². The Morgan fingerprint density at radius 3 is 2.64 bits per heavy atom. The zero-order valence-corrected chi connectivity index (χ0v) is 7.90. The van der Waals surface area contributed by atoms with E-state index in [0.717, 1.165) is 5.69 Å². The highest BCUT2D eigenvalue weighted by atomic mass is 16.2. The molecule has 0 radical (unpaired) electrons. The van der Waals surface area contributed by atoms with Crippen LogP contribution in [0, 0.1) is 0 Å². The second kappa shape index (κ2) is 3.49. The number of hydrogen-bond acceptors (Lipinski definition) is 2. The lowest BCUT2D eigenvalue weighted by Crippen LogP contribution is -2.35. The molecular formula is C10H11N3O. The minimum absolute atomic E-state index is 0.0248. The zero-order chi connectivity index (χ0) is 9.97. The summed E-state index contributed by atoms with van der Waals surface area (Å²) in [6.07, 6.45) is 0.353. The van der Waals surface area contributed by atoms with Crippen LogP contribution >= 0.6 is 0 Å². The first kappa shape index (κ1) is 8.74. The average molecular weight is 189 g/mol. The number of carbonyl (C=O) groups excluding carboxylic acids is 1. The average Bonchev–Trinajstić information content (AvgIpc) is 2.61. The molecule has 0 spiro atoms. The highest BCUT2D eigenvalue weighted by Crippen LogP contribution is 2.15. The fourth-order valence-corrected chi connectivity index (χ4v) is 1.37. The maximum absolute atomic E-state index is 11.5. The number of hydrogen-bond donors (Lipinski definition) is 1. The van der Waals surface area contributed by atoms with E-state index in [1.54, 1.807) is 7.05 Å². The number of nitrogens with zero attached hydrogens (tertiary/aromatic N) is 2. The zero-order valence-electron chi connectivity index (χ0n) is 7.90. The Hall–Kier alpha value is -1.84. The topological polar surface area (TPSA) is 44.7 Å². The molecule has 0 aromatic heterocycles. The molecule has 0 saturated carbocycles. The third kappa shape index (κ3) is 1.46. The van der Waals surface area contributed by atoms with Gasteiger partial charge in [-0.1, -0.05) is 18.2 Å². The molecule has 1 fully saturated rings. The molecule has 1 aliphatic heterocycles. The Balaban J connectivity index is 2.25. The summed E-state index contributed by atoms with van der Waals surface area (Å²) < 4.78 is 0. The number of amidine groups is 1. The van der Waals surface area contributed by atoms with Gasteiger partial charge in [0.25, 0.3) is 5.91 Å². The van der Waals surface area contributed by atoms with Gasteiger partial charge in [-0.05, 0) is 12.1 Å². The molecule has 1 saturated heterocycles. The van der Waals surface area contributed by atoms with Crippen LogP contribution in [0.3, 0.4) is 0 Å². The van der Waals surface area contributed by atoms with Gasteiger partial charge in [-0.15, -0.1) is 0 Å². The summed E-state index contributed by atoms with van der Waals surface area (Å²) in [4.78, 5) is 15.5. The van der Waals surface area contributed by atoms with Crippen LogP contribution in [0.5, 0.6) is 0 Å². The molecule has 1 heterocycles. The molecule has 2 rings (SSSR count). The third-order valence-electron chi connectivity index (χ3n) is 2.09. The summed E-state index contributed by atoms with van der Waals surface area (Å²) in [6.45, 7) is 0. The third-order valence-corrected chi connectivity index (χ3v) is 2.09. The molecule has 0 atom stereocenters. The molecule has 4 nitrogen and oxygen atoms in total. The number of benzene rings is 1. The van der Waals surface area contributed by atoms with Crippen molar-refractivity contribution in [3.05, 3.63) is 30.3 Å². The lowest BCUT2D eigenvalue weighted by atomic mass is 10.3. The van der Waals surface area contributed by atoms with E-state index < -0.39 is 0 Å². The highest BCUT2D eigenvalue weighted by molar-refractivity contribution is 6.13. The molecule has 72 valence electrons.